The number of amides is 1. The summed E-state index contributed by atoms with van der Waals surface area (Å²) in [6, 6.07) is 3.23. The molecule has 1 aromatic carbocycles. The predicted octanol–water partition coefficient (Wildman–Crippen LogP) is 2.20. The van der Waals surface area contributed by atoms with Gasteiger partial charge >= 0.3 is 6.18 Å². The van der Waals surface area contributed by atoms with Crippen molar-refractivity contribution >= 4 is 5.91 Å². The zero-order valence-corrected chi connectivity index (χ0v) is 10.4. The van der Waals surface area contributed by atoms with Crippen molar-refractivity contribution in [3.8, 4) is 17.6 Å². The molecule has 0 radical (unpaired) electrons. The van der Waals surface area contributed by atoms with Crippen LogP contribution in [-0.2, 0) is 11.0 Å². The van der Waals surface area contributed by atoms with Crippen molar-refractivity contribution in [2.24, 2.45) is 0 Å². The maximum Gasteiger partial charge on any atom is 0.416 e. The SMILES string of the molecule is COc1cc(C#CCNC(C)=O)cc(C(F)(F)F)c1. The van der Waals surface area contributed by atoms with E-state index in [1.165, 1.54) is 20.1 Å². The first-order valence-electron chi connectivity index (χ1n) is 5.32. The number of nitrogens with one attached hydrogen (secondary N) is 1. The average Bonchev–Trinajstić information content (AvgIpc) is 2.33. The lowest BCUT2D eigenvalue weighted by Crippen LogP contribution is -2.19. The molecule has 0 bridgehead atoms. The summed E-state index contributed by atoms with van der Waals surface area (Å²) in [4.78, 5) is 10.6. The van der Waals surface area contributed by atoms with E-state index in [1.807, 2.05) is 0 Å². The average molecular weight is 271 g/mol. The largest absolute Gasteiger partial charge is 0.497 e. The molecule has 6 heteroatoms. The zero-order chi connectivity index (χ0) is 14.5. The van der Waals surface area contributed by atoms with E-state index in [-0.39, 0.29) is 23.8 Å². The van der Waals surface area contributed by atoms with Gasteiger partial charge in [0.25, 0.3) is 0 Å². The number of hydrogen-bond donors (Lipinski definition) is 1. The normalized spacial score (nSPS) is 10.4. The van der Waals surface area contributed by atoms with Crippen molar-refractivity contribution in [2.75, 3.05) is 13.7 Å². The van der Waals surface area contributed by atoms with E-state index in [2.05, 4.69) is 17.2 Å². The second-order valence-electron chi connectivity index (χ2n) is 3.66. The van der Waals surface area contributed by atoms with Crippen LogP contribution in [0.3, 0.4) is 0 Å². The van der Waals surface area contributed by atoms with Crippen LogP contribution in [0.4, 0.5) is 13.2 Å². The van der Waals surface area contributed by atoms with E-state index in [4.69, 9.17) is 4.74 Å². The van der Waals surface area contributed by atoms with Crippen molar-refractivity contribution < 1.29 is 22.7 Å². The van der Waals surface area contributed by atoms with Gasteiger partial charge in [0.2, 0.25) is 5.91 Å². The lowest BCUT2D eigenvalue weighted by molar-refractivity contribution is -0.137. The van der Waals surface area contributed by atoms with Gasteiger partial charge in [0, 0.05) is 12.5 Å². The predicted molar refractivity (Wildman–Crippen MR) is 63.6 cm³/mol. The van der Waals surface area contributed by atoms with Crippen LogP contribution in [0.2, 0.25) is 0 Å². The van der Waals surface area contributed by atoms with Gasteiger partial charge in [0.15, 0.2) is 0 Å². The molecule has 0 aromatic heterocycles. The number of benzene rings is 1. The molecule has 0 saturated carbocycles. The molecule has 3 nitrogen and oxygen atoms in total. The van der Waals surface area contributed by atoms with Crippen LogP contribution in [0.25, 0.3) is 0 Å². The molecule has 1 N–H and O–H groups in total. The number of carbonyl (C=O) groups excluding carboxylic acids is 1. The second-order valence-corrected chi connectivity index (χ2v) is 3.66. The summed E-state index contributed by atoms with van der Waals surface area (Å²) < 4.78 is 42.7. The summed E-state index contributed by atoms with van der Waals surface area (Å²) in [5.74, 6) is 4.93. The molecule has 0 heterocycles. The lowest BCUT2D eigenvalue weighted by Gasteiger charge is -2.09. The fourth-order valence-electron chi connectivity index (χ4n) is 1.27. The minimum atomic E-state index is -4.46. The van der Waals surface area contributed by atoms with Crippen LogP contribution in [0.15, 0.2) is 18.2 Å². The van der Waals surface area contributed by atoms with Crippen LogP contribution in [0.5, 0.6) is 5.75 Å². The summed E-state index contributed by atoms with van der Waals surface area (Å²) in [5.41, 5.74) is -0.646. The van der Waals surface area contributed by atoms with E-state index < -0.39 is 11.7 Å². The van der Waals surface area contributed by atoms with Crippen molar-refractivity contribution in [2.45, 2.75) is 13.1 Å². The molecule has 0 atom stereocenters. The fourth-order valence-corrected chi connectivity index (χ4v) is 1.27. The Balaban J connectivity index is 2.97. The highest BCUT2D eigenvalue weighted by molar-refractivity contribution is 5.73. The molecule has 102 valence electrons. The molecule has 0 saturated heterocycles. The minimum Gasteiger partial charge on any atom is -0.497 e. The number of alkyl halides is 3. The van der Waals surface area contributed by atoms with Gasteiger partial charge in [0.1, 0.15) is 5.75 Å². The Morgan fingerprint density at radius 2 is 2.05 bits per heavy atom. The Labute approximate surface area is 108 Å². The first-order valence-corrected chi connectivity index (χ1v) is 5.32. The maximum absolute atomic E-state index is 12.6. The maximum atomic E-state index is 12.6. The number of carbonyl (C=O) groups is 1. The summed E-state index contributed by atoms with van der Waals surface area (Å²) in [6.07, 6.45) is -4.46. The third-order valence-corrected chi connectivity index (χ3v) is 2.13. The van der Waals surface area contributed by atoms with E-state index in [0.29, 0.717) is 0 Å². The standard InChI is InChI=1S/C13H12F3NO2/c1-9(18)17-5-3-4-10-6-11(13(14,15)16)8-12(7-10)19-2/h6-8H,5H2,1-2H3,(H,17,18). The Bertz CT molecular complexity index is 527. The van der Waals surface area contributed by atoms with E-state index in [1.54, 1.807) is 0 Å². The smallest absolute Gasteiger partial charge is 0.416 e. The summed E-state index contributed by atoms with van der Waals surface area (Å²) in [6.45, 7) is 1.41. The van der Waals surface area contributed by atoms with Crippen molar-refractivity contribution in [3.63, 3.8) is 0 Å². The number of hydrogen-bond acceptors (Lipinski definition) is 2. The first-order chi connectivity index (χ1) is 8.82. The Kier molecular flexibility index (Phi) is 4.81. The molecule has 1 rings (SSSR count). The van der Waals surface area contributed by atoms with Crippen LogP contribution in [0, 0.1) is 11.8 Å². The highest BCUT2D eigenvalue weighted by atomic mass is 19.4. The highest BCUT2D eigenvalue weighted by Crippen LogP contribution is 2.32. The van der Waals surface area contributed by atoms with Gasteiger partial charge in [-0.15, -0.1) is 0 Å². The van der Waals surface area contributed by atoms with Crippen LogP contribution in [-0.4, -0.2) is 19.6 Å². The van der Waals surface area contributed by atoms with Crippen molar-refractivity contribution in [3.05, 3.63) is 29.3 Å². The van der Waals surface area contributed by atoms with Crippen LogP contribution < -0.4 is 10.1 Å². The number of ether oxygens (including phenoxy) is 1. The Morgan fingerprint density at radius 3 is 2.58 bits per heavy atom. The van der Waals surface area contributed by atoms with Crippen molar-refractivity contribution in [1.82, 2.24) is 5.32 Å². The molecule has 19 heavy (non-hydrogen) atoms. The number of methoxy groups -OCH3 is 1. The van der Waals surface area contributed by atoms with E-state index >= 15 is 0 Å². The van der Waals surface area contributed by atoms with Gasteiger partial charge in [-0.05, 0) is 18.2 Å². The third kappa shape index (κ3) is 4.92. The van der Waals surface area contributed by atoms with Crippen molar-refractivity contribution in [1.29, 1.82) is 0 Å². The topological polar surface area (TPSA) is 38.3 Å². The lowest BCUT2D eigenvalue weighted by atomic mass is 10.1. The molecular weight excluding hydrogens is 259 g/mol. The summed E-state index contributed by atoms with van der Waals surface area (Å²) in [7, 11) is 1.28. The van der Waals surface area contributed by atoms with E-state index in [9.17, 15) is 18.0 Å². The first kappa shape index (κ1) is 14.9. The van der Waals surface area contributed by atoms with Gasteiger partial charge in [0.05, 0.1) is 19.2 Å². The third-order valence-electron chi connectivity index (χ3n) is 2.13. The van der Waals surface area contributed by atoms with Gasteiger partial charge < -0.3 is 10.1 Å². The second kappa shape index (κ2) is 6.14. The molecular formula is C13H12F3NO2. The van der Waals surface area contributed by atoms with Gasteiger partial charge in [-0.2, -0.15) is 13.2 Å². The quantitative estimate of drug-likeness (QED) is 0.837. The molecule has 0 aliphatic carbocycles. The van der Waals surface area contributed by atoms with E-state index in [0.717, 1.165) is 12.1 Å². The summed E-state index contributed by atoms with van der Waals surface area (Å²) >= 11 is 0. The van der Waals surface area contributed by atoms with Crippen LogP contribution >= 0.6 is 0 Å². The number of rotatable bonds is 2. The van der Waals surface area contributed by atoms with Gasteiger partial charge in [-0.1, -0.05) is 11.8 Å². The zero-order valence-electron chi connectivity index (χ0n) is 10.4. The molecule has 0 spiro atoms. The van der Waals surface area contributed by atoms with Crippen LogP contribution in [0.1, 0.15) is 18.1 Å². The molecule has 0 aliphatic heterocycles. The molecule has 0 fully saturated rings. The Hall–Kier alpha value is -2.16. The van der Waals surface area contributed by atoms with Gasteiger partial charge in [-0.25, -0.2) is 0 Å². The monoisotopic (exact) mass is 271 g/mol. The Morgan fingerprint density at radius 1 is 1.37 bits per heavy atom. The molecule has 0 aliphatic rings. The highest BCUT2D eigenvalue weighted by Gasteiger charge is 2.31. The minimum absolute atomic E-state index is 0.0773. The fraction of sp³-hybridized carbons (Fsp3) is 0.308. The molecule has 1 amide bonds. The summed E-state index contributed by atoms with van der Waals surface area (Å²) in [5, 5.41) is 2.42. The van der Waals surface area contributed by atoms with Gasteiger partial charge in [-0.3, -0.25) is 4.79 Å². The molecule has 0 unspecified atom stereocenters. The number of halogens is 3. The molecule has 1 aromatic rings.